The van der Waals surface area contributed by atoms with Crippen LogP contribution in [0.3, 0.4) is 0 Å². The molecule has 0 amide bonds. The lowest BCUT2D eigenvalue weighted by molar-refractivity contribution is -0.203. The van der Waals surface area contributed by atoms with Crippen molar-refractivity contribution in [2.75, 3.05) is 28.4 Å². The summed E-state index contributed by atoms with van der Waals surface area (Å²) in [6, 6.07) is 0. The molecule has 0 aromatic carbocycles. The predicted molar refractivity (Wildman–Crippen MR) is 46.7 cm³/mol. The Kier molecular flexibility index (Phi) is 6.80. The van der Waals surface area contributed by atoms with E-state index in [2.05, 4.69) is 23.7 Å². The molecule has 0 saturated carbocycles. The van der Waals surface area contributed by atoms with E-state index in [0.29, 0.717) is 0 Å². The molecule has 7 heteroatoms. The summed E-state index contributed by atoms with van der Waals surface area (Å²) in [4.78, 5) is 22.3. The molecule has 0 atom stereocenters. The molecule has 0 aromatic heterocycles. The van der Waals surface area contributed by atoms with Crippen molar-refractivity contribution in [3.63, 3.8) is 0 Å². The summed E-state index contributed by atoms with van der Waals surface area (Å²) in [7, 11) is 4.96. The fourth-order valence-electron chi connectivity index (χ4n) is 0.773. The maximum Gasteiger partial charge on any atom is 0.371 e. The van der Waals surface area contributed by atoms with Crippen LogP contribution in [0.15, 0.2) is 0 Å². The highest BCUT2D eigenvalue weighted by molar-refractivity contribution is 5.88. The summed E-state index contributed by atoms with van der Waals surface area (Å²) >= 11 is 0. The van der Waals surface area contributed by atoms with Crippen molar-refractivity contribution in [2.45, 2.75) is 12.6 Å². The van der Waals surface area contributed by atoms with Crippen LogP contribution >= 0.6 is 0 Å². The minimum Gasteiger partial charge on any atom is -0.386 e. The van der Waals surface area contributed by atoms with Crippen LogP contribution in [0.1, 0.15) is 0 Å². The Balaban J connectivity index is 4.21. The van der Waals surface area contributed by atoms with Gasteiger partial charge < -0.3 is 23.7 Å². The van der Waals surface area contributed by atoms with E-state index >= 15 is 0 Å². The maximum atomic E-state index is 11.1. The molecule has 0 bridgehead atoms. The van der Waals surface area contributed by atoms with E-state index in [1.54, 1.807) is 0 Å². The average Bonchev–Trinajstić information content (AvgIpc) is 2.21. The Hall–Kier alpha value is -1.02. The van der Waals surface area contributed by atoms with Gasteiger partial charge in [0.1, 0.15) is 0 Å². The molecule has 15 heavy (non-hydrogen) atoms. The van der Waals surface area contributed by atoms with Gasteiger partial charge in [0, 0.05) is 28.4 Å². The molecule has 0 aliphatic carbocycles. The smallest absolute Gasteiger partial charge is 0.371 e. The minimum atomic E-state index is -1.25. The maximum absolute atomic E-state index is 11.1. The lowest BCUT2D eigenvalue weighted by Crippen LogP contribution is -2.35. The molecule has 0 fully saturated rings. The van der Waals surface area contributed by atoms with Crippen LogP contribution < -0.4 is 0 Å². The Morgan fingerprint density at radius 3 is 1.20 bits per heavy atom. The van der Waals surface area contributed by atoms with Crippen LogP contribution in [0.25, 0.3) is 0 Å². The standard InChI is InChI=1S/C8H14O7/c1-11-7(12-2)5(9)15-6(10)8(13-3)14-4/h7-8H,1-4H3. The van der Waals surface area contributed by atoms with Crippen LogP contribution in [-0.2, 0) is 33.3 Å². The number of methoxy groups -OCH3 is 4. The molecular weight excluding hydrogens is 208 g/mol. The number of ether oxygens (including phenoxy) is 5. The normalized spacial score (nSPS) is 10.8. The average molecular weight is 222 g/mol. The second kappa shape index (κ2) is 7.30. The first-order chi connectivity index (χ1) is 7.10. The SMILES string of the molecule is COC(OC)C(=O)OC(=O)C(OC)OC. The summed E-state index contributed by atoms with van der Waals surface area (Å²) in [6.07, 6.45) is -2.49. The third-order valence-electron chi connectivity index (χ3n) is 1.44. The van der Waals surface area contributed by atoms with E-state index < -0.39 is 24.5 Å². The van der Waals surface area contributed by atoms with Gasteiger partial charge in [0.05, 0.1) is 0 Å². The van der Waals surface area contributed by atoms with Crippen molar-refractivity contribution in [1.82, 2.24) is 0 Å². The van der Waals surface area contributed by atoms with E-state index in [0.717, 1.165) is 0 Å². The molecule has 0 rings (SSSR count). The van der Waals surface area contributed by atoms with Crippen LogP contribution in [0, 0.1) is 0 Å². The van der Waals surface area contributed by atoms with E-state index in [1.807, 2.05) is 0 Å². The zero-order valence-corrected chi connectivity index (χ0v) is 9.01. The van der Waals surface area contributed by atoms with Gasteiger partial charge in [-0.1, -0.05) is 0 Å². The molecule has 0 aliphatic rings. The lowest BCUT2D eigenvalue weighted by atomic mass is 10.6. The molecule has 0 aliphatic heterocycles. The van der Waals surface area contributed by atoms with Gasteiger partial charge in [0.2, 0.25) is 0 Å². The molecule has 0 N–H and O–H groups in total. The Bertz CT molecular complexity index is 185. The zero-order valence-electron chi connectivity index (χ0n) is 9.01. The number of esters is 2. The van der Waals surface area contributed by atoms with Gasteiger partial charge in [-0.05, 0) is 0 Å². The highest BCUT2D eigenvalue weighted by atomic mass is 16.7. The van der Waals surface area contributed by atoms with Gasteiger partial charge in [-0.25, -0.2) is 9.59 Å². The van der Waals surface area contributed by atoms with Crippen molar-refractivity contribution in [2.24, 2.45) is 0 Å². The highest BCUT2D eigenvalue weighted by Gasteiger charge is 2.27. The summed E-state index contributed by atoms with van der Waals surface area (Å²) < 4.78 is 22.7. The van der Waals surface area contributed by atoms with Crippen molar-refractivity contribution in [3.8, 4) is 0 Å². The van der Waals surface area contributed by atoms with E-state index in [9.17, 15) is 9.59 Å². The topological polar surface area (TPSA) is 80.3 Å². The Morgan fingerprint density at radius 1 is 0.733 bits per heavy atom. The van der Waals surface area contributed by atoms with E-state index in [-0.39, 0.29) is 0 Å². The summed E-state index contributed by atoms with van der Waals surface area (Å²) in [5, 5.41) is 0. The molecular formula is C8H14O7. The van der Waals surface area contributed by atoms with Gasteiger partial charge in [-0.3, -0.25) is 0 Å². The van der Waals surface area contributed by atoms with Crippen LogP contribution in [0.2, 0.25) is 0 Å². The fourth-order valence-corrected chi connectivity index (χ4v) is 0.773. The van der Waals surface area contributed by atoms with Crippen molar-refractivity contribution < 1.29 is 33.3 Å². The summed E-state index contributed by atoms with van der Waals surface area (Å²) in [6.45, 7) is 0. The molecule has 0 unspecified atom stereocenters. The fraction of sp³-hybridized carbons (Fsp3) is 0.750. The van der Waals surface area contributed by atoms with Crippen molar-refractivity contribution >= 4 is 11.9 Å². The number of carbonyl (C=O) groups excluding carboxylic acids is 2. The monoisotopic (exact) mass is 222 g/mol. The second-order valence-electron chi connectivity index (χ2n) is 2.35. The molecule has 0 saturated heterocycles. The number of carbonyl (C=O) groups is 2. The molecule has 88 valence electrons. The third kappa shape index (κ3) is 4.34. The van der Waals surface area contributed by atoms with Crippen molar-refractivity contribution in [3.05, 3.63) is 0 Å². The second-order valence-corrected chi connectivity index (χ2v) is 2.35. The highest BCUT2D eigenvalue weighted by Crippen LogP contribution is 2.00. The van der Waals surface area contributed by atoms with E-state index in [1.165, 1.54) is 28.4 Å². The summed E-state index contributed by atoms with van der Waals surface area (Å²) in [5.74, 6) is -1.94. The first kappa shape index (κ1) is 14.0. The molecule has 0 radical (unpaired) electrons. The Labute approximate surface area is 87.2 Å². The molecule has 7 nitrogen and oxygen atoms in total. The quantitative estimate of drug-likeness (QED) is 0.333. The number of hydrogen-bond donors (Lipinski definition) is 0. The number of hydrogen-bond acceptors (Lipinski definition) is 7. The zero-order chi connectivity index (χ0) is 11.8. The van der Waals surface area contributed by atoms with Gasteiger partial charge in [-0.15, -0.1) is 0 Å². The minimum absolute atomic E-state index is 0.968. The first-order valence-corrected chi connectivity index (χ1v) is 3.97. The largest absolute Gasteiger partial charge is 0.386 e. The van der Waals surface area contributed by atoms with Crippen LogP contribution in [0.5, 0.6) is 0 Å². The van der Waals surface area contributed by atoms with Crippen LogP contribution in [0.4, 0.5) is 0 Å². The first-order valence-electron chi connectivity index (χ1n) is 3.97. The van der Waals surface area contributed by atoms with Crippen molar-refractivity contribution in [1.29, 1.82) is 0 Å². The number of rotatable bonds is 6. The Morgan fingerprint density at radius 2 is 1.00 bits per heavy atom. The third-order valence-corrected chi connectivity index (χ3v) is 1.44. The lowest BCUT2D eigenvalue weighted by Gasteiger charge is -2.14. The predicted octanol–water partition coefficient (Wildman–Crippen LogP) is -0.706. The summed E-state index contributed by atoms with van der Waals surface area (Å²) in [5.41, 5.74) is 0. The van der Waals surface area contributed by atoms with Gasteiger partial charge >= 0.3 is 11.9 Å². The molecule has 0 spiro atoms. The molecule has 0 aromatic rings. The van der Waals surface area contributed by atoms with Crippen LogP contribution in [-0.4, -0.2) is 53.0 Å². The van der Waals surface area contributed by atoms with E-state index in [4.69, 9.17) is 0 Å². The van der Waals surface area contributed by atoms with Gasteiger partial charge in [0.15, 0.2) is 0 Å². The molecule has 0 heterocycles. The van der Waals surface area contributed by atoms with Gasteiger partial charge in [-0.2, -0.15) is 0 Å². The van der Waals surface area contributed by atoms with Gasteiger partial charge in [0.25, 0.3) is 12.6 Å².